The maximum atomic E-state index is 14.2. The zero-order chi connectivity index (χ0) is 15.8. The zero-order valence-corrected chi connectivity index (χ0v) is 12.8. The first-order chi connectivity index (χ1) is 9.80. The molecule has 0 unspecified atom stereocenters. The van der Waals surface area contributed by atoms with Crippen molar-refractivity contribution < 1.29 is 22.3 Å². The summed E-state index contributed by atoms with van der Waals surface area (Å²) in [6, 6.07) is 1.33. The Bertz CT molecular complexity index is 623. The number of benzene rings is 1. The minimum Gasteiger partial charge on any atom is -0.391 e. The normalized spacial score (nSPS) is 24.2. The molecule has 2 rings (SSSR count). The van der Waals surface area contributed by atoms with E-state index < -0.39 is 38.7 Å². The lowest BCUT2D eigenvalue weighted by molar-refractivity contribution is 0.203. The van der Waals surface area contributed by atoms with Gasteiger partial charge in [0.2, 0.25) is 10.0 Å². The summed E-state index contributed by atoms with van der Waals surface area (Å²) >= 11 is 0. The third kappa shape index (κ3) is 2.82. The first kappa shape index (κ1) is 16.3. The van der Waals surface area contributed by atoms with Crippen LogP contribution < -0.4 is 0 Å². The molecule has 2 atom stereocenters. The van der Waals surface area contributed by atoms with Gasteiger partial charge in [-0.2, -0.15) is 4.31 Å². The Kier molecular flexibility index (Phi) is 4.65. The molecule has 118 valence electrons. The molecule has 1 aromatic rings. The molecule has 1 saturated heterocycles. The first-order valence-corrected chi connectivity index (χ1v) is 8.36. The lowest BCUT2D eigenvalue weighted by Crippen LogP contribution is -2.47. The summed E-state index contributed by atoms with van der Waals surface area (Å²) in [5.41, 5.74) is -0.617. The lowest BCUT2D eigenvalue weighted by Gasteiger charge is -2.37. The van der Waals surface area contributed by atoms with Crippen LogP contribution in [0.3, 0.4) is 0 Å². The zero-order valence-electron chi connectivity index (χ0n) is 12.0. The predicted octanol–water partition coefficient (Wildman–Crippen LogP) is 2.41. The van der Waals surface area contributed by atoms with Gasteiger partial charge in [-0.05, 0) is 38.8 Å². The summed E-state index contributed by atoms with van der Waals surface area (Å²) in [4.78, 5) is -0.575. The number of piperidine rings is 1. The van der Waals surface area contributed by atoms with Gasteiger partial charge < -0.3 is 5.11 Å². The molecule has 1 heterocycles. The van der Waals surface area contributed by atoms with Gasteiger partial charge in [-0.3, -0.25) is 0 Å². The molecule has 4 nitrogen and oxygen atoms in total. The van der Waals surface area contributed by atoms with E-state index in [0.717, 1.165) is 18.6 Å². The second-order valence-corrected chi connectivity index (χ2v) is 7.27. The SMILES string of the molecule is C[C@@H]1CCC[C@H](C)N1S(=O)(=O)c1ccc(F)c(CO)c1F. The molecular weight excluding hydrogens is 300 g/mol. The Morgan fingerprint density at radius 2 is 1.81 bits per heavy atom. The summed E-state index contributed by atoms with van der Waals surface area (Å²) in [6.45, 7) is 2.68. The van der Waals surface area contributed by atoms with E-state index >= 15 is 0 Å². The molecule has 0 aliphatic carbocycles. The largest absolute Gasteiger partial charge is 0.391 e. The number of hydrogen-bond acceptors (Lipinski definition) is 3. The molecule has 1 aliphatic rings. The van der Waals surface area contributed by atoms with Crippen LogP contribution in [-0.2, 0) is 16.6 Å². The Balaban J connectivity index is 2.54. The summed E-state index contributed by atoms with van der Waals surface area (Å²) in [6.07, 6.45) is 2.33. The molecule has 21 heavy (non-hydrogen) atoms. The summed E-state index contributed by atoms with van der Waals surface area (Å²) in [5.74, 6) is -2.16. The van der Waals surface area contributed by atoms with E-state index in [4.69, 9.17) is 5.11 Å². The van der Waals surface area contributed by atoms with Gasteiger partial charge in [0, 0.05) is 12.1 Å². The monoisotopic (exact) mass is 319 g/mol. The van der Waals surface area contributed by atoms with Crippen LogP contribution in [0.15, 0.2) is 17.0 Å². The van der Waals surface area contributed by atoms with Gasteiger partial charge in [-0.25, -0.2) is 17.2 Å². The van der Waals surface area contributed by atoms with Crippen molar-refractivity contribution >= 4 is 10.0 Å². The molecule has 1 aliphatic heterocycles. The highest BCUT2D eigenvalue weighted by Crippen LogP contribution is 2.31. The number of aliphatic hydroxyl groups excluding tert-OH is 1. The first-order valence-electron chi connectivity index (χ1n) is 6.92. The van der Waals surface area contributed by atoms with Crippen molar-refractivity contribution in [3.8, 4) is 0 Å². The highest BCUT2D eigenvalue weighted by Gasteiger charge is 2.37. The number of rotatable bonds is 3. The van der Waals surface area contributed by atoms with Crippen LogP contribution in [0.25, 0.3) is 0 Å². The van der Waals surface area contributed by atoms with Gasteiger partial charge >= 0.3 is 0 Å². The van der Waals surface area contributed by atoms with Crippen molar-refractivity contribution in [2.75, 3.05) is 0 Å². The summed E-state index contributed by atoms with van der Waals surface area (Å²) in [5, 5.41) is 9.02. The number of aliphatic hydroxyl groups is 1. The van der Waals surface area contributed by atoms with Crippen molar-refractivity contribution in [1.29, 1.82) is 0 Å². The van der Waals surface area contributed by atoms with Crippen LogP contribution in [-0.4, -0.2) is 29.9 Å². The average molecular weight is 319 g/mol. The molecule has 0 saturated carbocycles. The van der Waals surface area contributed by atoms with Crippen molar-refractivity contribution in [1.82, 2.24) is 4.31 Å². The van der Waals surface area contributed by atoms with E-state index in [-0.39, 0.29) is 12.1 Å². The van der Waals surface area contributed by atoms with Gasteiger partial charge in [0.15, 0.2) is 5.82 Å². The molecule has 0 radical (unpaired) electrons. The smallest absolute Gasteiger partial charge is 0.246 e. The second-order valence-electron chi connectivity index (χ2n) is 5.46. The molecule has 1 aromatic carbocycles. The van der Waals surface area contributed by atoms with Crippen molar-refractivity contribution in [2.45, 2.75) is 56.7 Å². The van der Waals surface area contributed by atoms with Gasteiger partial charge in [-0.15, -0.1) is 0 Å². The fraction of sp³-hybridized carbons (Fsp3) is 0.571. The van der Waals surface area contributed by atoms with Crippen molar-refractivity contribution in [3.05, 3.63) is 29.3 Å². The van der Waals surface area contributed by atoms with Crippen LogP contribution in [0.2, 0.25) is 0 Å². The number of sulfonamides is 1. The standard InChI is InChI=1S/C14H19F2NO3S/c1-9-4-3-5-10(2)17(9)21(19,20)13-7-6-12(15)11(8-18)14(13)16/h6-7,9-10,18H,3-5,8H2,1-2H3/t9-,10+. The van der Waals surface area contributed by atoms with Crippen LogP contribution in [0.1, 0.15) is 38.7 Å². The Morgan fingerprint density at radius 3 is 2.33 bits per heavy atom. The fourth-order valence-corrected chi connectivity index (χ4v) is 4.88. The number of halogens is 2. The van der Waals surface area contributed by atoms with E-state index in [1.807, 2.05) is 0 Å². The van der Waals surface area contributed by atoms with E-state index in [2.05, 4.69) is 0 Å². The molecule has 1 fully saturated rings. The Morgan fingerprint density at radius 1 is 1.24 bits per heavy atom. The van der Waals surface area contributed by atoms with Gasteiger partial charge in [0.05, 0.1) is 12.2 Å². The molecular formula is C14H19F2NO3S. The van der Waals surface area contributed by atoms with Crippen LogP contribution in [0.5, 0.6) is 0 Å². The molecule has 0 aromatic heterocycles. The van der Waals surface area contributed by atoms with E-state index in [1.165, 1.54) is 4.31 Å². The van der Waals surface area contributed by atoms with Crippen LogP contribution in [0, 0.1) is 11.6 Å². The van der Waals surface area contributed by atoms with Crippen LogP contribution in [0.4, 0.5) is 8.78 Å². The van der Waals surface area contributed by atoms with E-state index in [0.29, 0.717) is 12.8 Å². The highest BCUT2D eigenvalue weighted by molar-refractivity contribution is 7.89. The molecule has 0 amide bonds. The fourth-order valence-electron chi connectivity index (χ4n) is 2.91. The lowest BCUT2D eigenvalue weighted by atomic mass is 10.0. The second kappa shape index (κ2) is 5.98. The van der Waals surface area contributed by atoms with Gasteiger partial charge in [0.1, 0.15) is 10.7 Å². The third-order valence-electron chi connectivity index (χ3n) is 3.98. The topological polar surface area (TPSA) is 57.6 Å². The molecule has 1 N–H and O–H groups in total. The van der Waals surface area contributed by atoms with E-state index in [1.54, 1.807) is 13.8 Å². The van der Waals surface area contributed by atoms with Gasteiger partial charge in [-0.1, -0.05) is 6.42 Å². The maximum absolute atomic E-state index is 14.2. The minimum absolute atomic E-state index is 0.235. The maximum Gasteiger partial charge on any atom is 0.246 e. The molecule has 0 bridgehead atoms. The molecule has 0 spiro atoms. The molecule has 7 heteroatoms. The summed E-state index contributed by atoms with van der Waals surface area (Å²) < 4.78 is 54.3. The average Bonchev–Trinajstić information content (AvgIpc) is 2.38. The van der Waals surface area contributed by atoms with Crippen LogP contribution >= 0.6 is 0 Å². The third-order valence-corrected chi connectivity index (χ3v) is 6.12. The van der Waals surface area contributed by atoms with Gasteiger partial charge in [0.25, 0.3) is 0 Å². The summed E-state index contributed by atoms with van der Waals surface area (Å²) in [7, 11) is -4.06. The van der Waals surface area contributed by atoms with Crippen molar-refractivity contribution in [2.24, 2.45) is 0 Å². The minimum atomic E-state index is -4.06. The Labute approximate surface area is 123 Å². The highest BCUT2D eigenvalue weighted by atomic mass is 32.2. The number of hydrogen-bond donors (Lipinski definition) is 1. The number of nitrogens with zero attached hydrogens (tertiary/aromatic N) is 1. The predicted molar refractivity (Wildman–Crippen MR) is 74.1 cm³/mol. The quantitative estimate of drug-likeness (QED) is 0.931. The Hall–Kier alpha value is -1.05. The van der Waals surface area contributed by atoms with Crippen molar-refractivity contribution in [3.63, 3.8) is 0 Å². The van der Waals surface area contributed by atoms with E-state index in [9.17, 15) is 17.2 Å².